The molecule has 130 valence electrons. The Balaban J connectivity index is 2.74. The summed E-state index contributed by atoms with van der Waals surface area (Å²) in [6.45, 7) is 14.0. The fourth-order valence-electron chi connectivity index (χ4n) is 3.37. The molecule has 0 bridgehead atoms. The second-order valence-corrected chi connectivity index (χ2v) is 7.42. The van der Waals surface area contributed by atoms with E-state index in [4.69, 9.17) is 4.74 Å². The van der Waals surface area contributed by atoms with E-state index >= 15 is 0 Å². The molecule has 4 atom stereocenters. The molecule has 1 heterocycles. The molecule has 0 spiro atoms. The van der Waals surface area contributed by atoms with Crippen molar-refractivity contribution in [3.63, 3.8) is 0 Å². The first kappa shape index (κ1) is 19.4. The molecule has 22 heavy (non-hydrogen) atoms. The lowest BCUT2D eigenvalue weighted by atomic mass is 9.98. The number of carbonyl (C=O) groups is 1. The molecule has 0 radical (unpaired) electrons. The van der Waals surface area contributed by atoms with Crippen LogP contribution in [0, 0.1) is 11.8 Å². The van der Waals surface area contributed by atoms with Gasteiger partial charge in [-0.1, -0.05) is 27.7 Å². The molecule has 0 aromatic heterocycles. The molecular weight excluding hydrogens is 280 g/mol. The molecule has 5 nitrogen and oxygen atoms in total. The summed E-state index contributed by atoms with van der Waals surface area (Å²) in [5, 5.41) is 12.5. The van der Waals surface area contributed by atoms with Crippen molar-refractivity contribution in [2.24, 2.45) is 11.8 Å². The van der Waals surface area contributed by atoms with Crippen molar-refractivity contribution in [1.29, 1.82) is 0 Å². The van der Waals surface area contributed by atoms with E-state index in [-0.39, 0.29) is 42.7 Å². The van der Waals surface area contributed by atoms with Gasteiger partial charge >= 0.3 is 0 Å². The number of hydrogen-bond acceptors (Lipinski definition) is 4. The molecular formula is C17H34N2O3. The maximum absolute atomic E-state index is 12.7. The molecule has 0 aromatic carbocycles. The van der Waals surface area contributed by atoms with E-state index in [2.05, 4.69) is 37.9 Å². The summed E-state index contributed by atoms with van der Waals surface area (Å²) in [6.07, 6.45) is 1.08. The molecule has 4 unspecified atom stereocenters. The first-order chi connectivity index (χ1) is 10.2. The van der Waals surface area contributed by atoms with Crippen molar-refractivity contribution >= 4 is 5.91 Å². The molecule has 1 aliphatic rings. The number of nitrogens with one attached hydrogen (secondary N) is 1. The Morgan fingerprint density at radius 1 is 1.23 bits per heavy atom. The predicted octanol–water partition coefficient (Wildman–Crippen LogP) is 1.64. The van der Waals surface area contributed by atoms with Crippen molar-refractivity contribution in [3.8, 4) is 0 Å². The van der Waals surface area contributed by atoms with Gasteiger partial charge < -0.3 is 15.2 Å². The topological polar surface area (TPSA) is 61.8 Å². The second kappa shape index (κ2) is 8.85. The van der Waals surface area contributed by atoms with Gasteiger partial charge in [0.15, 0.2) is 0 Å². The first-order valence-electron chi connectivity index (χ1n) is 8.55. The summed E-state index contributed by atoms with van der Waals surface area (Å²) >= 11 is 0. The minimum atomic E-state index is -0.171. The Kier molecular flexibility index (Phi) is 7.80. The molecule has 1 fully saturated rings. The number of rotatable bonds is 7. The fourth-order valence-corrected chi connectivity index (χ4v) is 3.37. The molecule has 1 aliphatic heterocycles. The zero-order valence-corrected chi connectivity index (χ0v) is 15.0. The first-order valence-corrected chi connectivity index (χ1v) is 8.55. The van der Waals surface area contributed by atoms with E-state index in [0.717, 1.165) is 19.5 Å². The number of aliphatic hydroxyl groups is 1. The highest BCUT2D eigenvalue weighted by molar-refractivity contribution is 5.82. The zero-order valence-electron chi connectivity index (χ0n) is 15.0. The van der Waals surface area contributed by atoms with Crippen LogP contribution >= 0.6 is 0 Å². The van der Waals surface area contributed by atoms with E-state index < -0.39 is 0 Å². The number of morpholine rings is 1. The molecule has 0 saturated carbocycles. The molecule has 0 aliphatic carbocycles. The molecule has 1 rings (SSSR count). The summed E-state index contributed by atoms with van der Waals surface area (Å²) in [7, 11) is 0. The van der Waals surface area contributed by atoms with Gasteiger partial charge in [0.2, 0.25) is 5.91 Å². The van der Waals surface area contributed by atoms with E-state index in [1.807, 2.05) is 13.8 Å². The third kappa shape index (κ3) is 5.86. The summed E-state index contributed by atoms with van der Waals surface area (Å²) in [4.78, 5) is 15.0. The number of nitrogens with zero attached hydrogens (tertiary/aromatic N) is 1. The van der Waals surface area contributed by atoms with Crippen LogP contribution in [-0.4, -0.2) is 59.9 Å². The average molecular weight is 314 g/mol. The number of hydrogen-bond donors (Lipinski definition) is 2. The van der Waals surface area contributed by atoms with Crippen LogP contribution < -0.4 is 5.32 Å². The lowest BCUT2D eigenvalue weighted by molar-refractivity contribution is -0.136. The van der Waals surface area contributed by atoms with E-state index in [9.17, 15) is 9.90 Å². The molecule has 2 N–H and O–H groups in total. The van der Waals surface area contributed by atoms with Gasteiger partial charge in [-0.15, -0.1) is 0 Å². The van der Waals surface area contributed by atoms with E-state index in [1.165, 1.54) is 0 Å². The van der Waals surface area contributed by atoms with Gasteiger partial charge in [-0.3, -0.25) is 9.69 Å². The monoisotopic (exact) mass is 314 g/mol. The number of ether oxygens (including phenoxy) is 1. The van der Waals surface area contributed by atoms with Gasteiger partial charge in [0.1, 0.15) is 0 Å². The molecule has 0 aromatic rings. The van der Waals surface area contributed by atoms with Gasteiger partial charge in [-0.2, -0.15) is 0 Å². The van der Waals surface area contributed by atoms with E-state index in [1.54, 1.807) is 0 Å². The lowest BCUT2D eigenvalue weighted by Crippen LogP contribution is -2.58. The smallest absolute Gasteiger partial charge is 0.237 e. The summed E-state index contributed by atoms with van der Waals surface area (Å²) in [5.41, 5.74) is 0. The van der Waals surface area contributed by atoms with Gasteiger partial charge in [0, 0.05) is 13.1 Å². The molecule has 1 saturated heterocycles. The van der Waals surface area contributed by atoms with Gasteiger partial charge in [-0.05, 0) is 32.1 Å². The fraction of sp³-hybridized carbons (Fsp3) is 0.941. The Morgan fingerprint density at radius 2 is 1.77 bits per heavy atom. The van der Waals surface area contributed by atoms with Crippen LogP contribution in [0.5, 0.6) is 0 Å². The number of aliphatic hydroxyl groups excluding tert-OH is 1. The maximum Gasteiger partial charge on any atom is 0.237 e. The maximum atomic E-state index is 12.7. The summed E-state index contributed by atoms with van der Waals surface area (Å²) in [6, 6.07) is -0.334. The van der Waals surface area contributed by atoms with Crippen LogP contribution in [0.4, 0.5) is 0 Å². The van der Waals surface area contributed by atoms with E-state index in [0.29, 0.717) is 5.92 Å². The number of carbonyl (C=O) groups excluding carboxylic acids is 1. The predicted molar refractivity (Wildman–Crippen MR) is 88.7 cm³/mol. The van der Waals surface area contributed by atoms with Crippen molar-refractivity contribution in [3.05, 3.63) is 0 Å². The Labute approximate surface area is 135 Å². The zero-order chi connectivity index (χ0) is 16.9. The third-order valence-corrected chi connectivity index (χ3v) is 4.06. The Hall–Kier alpha value is -0.650. The van der Waals surface area contributed by atoms with Crippen LogP contribution in [0.15, 0.2) is 0 Å². The standard InChI is InChI=1S/C17H34N2O3/c1-11(2)7-15(10-20)18-17(21)16(12(3)4)19-8-13(5)22-14(6)9-19/h11-16,20H,7-10H2,1-6H3,(H,18,21). The normalized spacial score (nSPS) is 26.2. The van der Waals surface area contributed by atoms with Crippen molar-refractivity contribution in [1.82, 2.24) is 10.2 Å². The van der Waals surface area contributed by atoms with Crippen molar-refractivity contribution in [2.45, 2.75) is 72.3 Å². The third-order valence-electron chi connectivity index (χ3n) is 4.06. The molecule has 5 heteroatoms. The van der Waals surface area contributed by atoms with Crippen LogP contribution in [-0.2, 0) is 9.53 Å². The second-order valence-electron chi connectivity index (χ2n) is 7.42. The highest BCUT2D eigenvalue weighted by Crippen LogP contribution is 2.19. The minimum absolute atomic E-state index is 0.00927. The van der Waals surface area contributed by atoms with Gasteiger partial charge in [-0.25, -0.2) is 0 Å². The molecule has 1 amide bonds. The highest BCUT2D eigenvalue weighted by Gasteiger charge is 2.34. The number of amides is 1. The quantitative estimate of drug-likeness (QED) is 0.750. The van der Waals surface area contributed by atoms with Gasteiger partial charge in [0.25, 0.3) is 0 Å². The van der Waals surface area contributed by atoms with Crippen molar-refractivity contribution < 1.29 is 14.6 Å². The largest absolute Gasteiger partial charge is 0.394 e. The summed E-state index contributed by atoms with van der Waals surface area (Å²) < 4.78 is 5.77. The van der Waals surface area contributed by atoms with Crippen LogP contribution in [0.3, 0.4) is 0 Å². The highest BCUT2D eigenvalue weighted by atomic mass is 16.5. The summed E-state index contributed by atoms with van der Waals surface area (Å²) in [5.74, 6) is 0.685. The van der Waals surface area contributed by atoms with Crippen LogP contribution in [0.25, 0.3) is 0 Å². The van der Waals surface area contributed by atoms with Crippen molar-refractivity contribution in [2.75, 3.05) is 19.7 Å². The Bertz CT molecular complexity index is 337. The minimum Gasteiger partial charge on any atom is -0.394 e. The average Bonchev–Trinajstić information content (AvgIpc) is 2.35. The SMILES string of the molecule is CC(C)CC(CO)NC(=O)C(C(C)C)N1CC(C)OC(C)C1. The van der Waals surface area contributed by atoms with Crippen LogP contribution in [0.1, 0.15) is 48.0 Å². The Morgan fingerprint density at radius 3 is 2.18 bits per heavy atom. The lowest BCUT2D eigenvalue weighted by Gasteiger charge is -2.41. The van der Waals surface area contributed by atoms with Gasteiger partial charge in [0.05, 0.1) is 30.9 Å². The van der Waals surface area contributed by atoms with Crippen LogP contribution in [0.2, 0.25) is 0 Å².